The molecule has 3 nitrogen and oxygen atoms in total. The van der Waals surface area contributed by atoms with Crippen LogP contribution in [-0.2, 0) is 13.6 Å². The summed E-state index contributed by atoms with van der Waals surface area (Å²) >= 11 is 3.40. The fourth-order valence-corrected chi connectivity index (χ4v) is 2.81. The van der Waals surface area contributed by atoms with E-state index in [9.17, 15) is 4.79 Å². The van der Waals surface area contributed by atoms with Crippen LogP contribution in [-0.4, -0.2) is 22.4 Å². The van der Waals surface area contributed by atoms with Crippen LogP contribution in [0.1, 0.15) is 41.4 Å². The molecule has 0 aliphatic carbocycles. The minimum absolute atomic E-state index is 0.0242. The topological polar surface area (TPSA) is 25.2 Å². The molecule has 2 aromatic rings. The Labute approximate surface area is 134 Å². The summed E-state index contributed by atoms with van der Waals surface area (Å²) < 4.78 is 2.76. The van der Waals surface area contributed by atoms with E-state index in [-0.39, 0.29) is 5.91 Å². The van der Waals surface area contributed by atoms with Crippen molar-refractivity contribution in [3.63, 3.8) is 0 Å². The Bertz CT molecular complexity index is 629. The SMILES string of the molecule is CC(C)c1ccc(CN(C)C(=O)c2cc(Br)cn2C)cc1. The lowest BCUT2D eigenvalue weighted by Crippen LogP contribution is -2.27. The van der Waals surface area contributed by atoms with E-state index in [2.05, 4.69) is 54.0 Å². The van der Waals surface area contributed by atoms with Gasteiger partial charge >= 0.3 is 0 Å². The second kappa shape index (κ2) is 6.48. The van der Waals surface area contributed by atoms with Crippen LogP contribution in [0, 0.1) is 0 Å². The first-order chi connectivity index (χ1) is 9.88. The maximum absolute atomic E-state index is 12.4. The standard InChI is InChI=1S/C17H21BrN2O/c1-12(2)14-7-5-13(6-8-14)10-20(4)17(21)16-9-15(18)11-19(16)3/h5-9,11-12H,10H2,1-4H3. The van der Waals surface area contributed by atoms with Gasteiger partial charge in [0.25, 0.3) is 5.91 Å². The molecule has 21 heavy (non-hydrogen) atoms. The number of amides is 1. The maximum atomic E-state index is 12.4. The van der Waals surface area contributed by atoms with Crippen LogP contribution in [0.5, 0.6) is 0 Å². The number of nitrogens with zero attached hydrogens (tertiary/aromatic N) is 2. The third-order valence-corrected chi connectivity index (χ3v) is 4.04. The van der Waals surface area contributed by atoms with Gasteiger partial charge < -0.3 is 9.47 Å². The Morgan fingerprint density at radius 3 is 2.38 bits per heavy atom. The fraction of sp³-hybridized carbons (Fsp3) is 0.353. The van der Waals surface area contributed by atoms with Gasteiger partial charge in [-0.3, -0.25) is 4.79 Å². The molecule has 1 amide bonds. The number of carbonyl (C=O) groups is 1. The van der Waals surface area contributed by atoms with Gasteiger partial charge in [-0.25, -0.2) is 0 Å². The molecule has 2 rings (SSSR count). The molecule has 0 bridgehead atoms. The highest BCUT2D eigenvalue weighted by Crippen LogP contribution is 2.18. The first-order valence-corrected chi connectivity index (χ1v) is 7.84. The maximum Gasteiger partial charge on any atom is 0.270 e. The Morgan fingerprint density at radius 2 is 1.90 bits per heavy atom. The van der Waals surface area contributed by atoms with Gasteiger partial charge in [-0.05, 0) is 39.0 Å². The Balaban J connectivity index is 2.08. The summed E-state index contributed by atoms with van der Waals surface area (Å²) in [5, 5.41) is 0. The van der Waals surface area contributed by atoms with Crippen molar-refractivity contribution in [2.75, 3.05) is 7.05 Å². The average molecular weight is 349 g/mol. The van der Waals surface area contributed by atoms with Crippen molar-refractivity contribution in [3.8, 4) is 0 Å². The van der Waals surface area contributed by atoms with E-state index in [1.165, 1.54) is 5.56 Å². The molecule has 0 N–H and O–H groups in total. The van der Waals surface area contributed by atoms with Crippen molar-refractivity contribution in [3.05, 3.63) is 57.8 Å². The van der Waals surface area contributed by atoms with Crippen molar-refractivity contribution < 1.29 is 4.79 Å². The van der Waals surface area contributed by atoms with Crippen molar-refractivity contribution in [1.82, 2.24) is 9.47 Å². The molecule has 0 radical (unpaired) electrons. The number of rotatable bonds is 4. The molecule has 4 heteroatoms. The number of aryl methyl sites for hydroxylation is 1. The van der Waals surface area contributed by atoms with E-state index in [1.54, 1.807) is 4.90 Å². The second-order valence-electron chi connectivity index (χ2n) is 5.71. The van der Waals surface area contributed by atoms with Crippen molar-refractivity contribution >= 4 is 21.8 Å². The summed E-state index contributed by atoms with van der Waals surface area (Å²) in [5.41, 5.74) is 3.14. The number of aromatic nitrogens is 1. The smallest absolute Gasteiger partial charge is 0.270 e. The average Bonchev–Trinajstić information content (AvgIpc) is 2.77. The monoisotopic (exact) mass is 348 g/mol. The van der Waals surface area contributed by atoms with E-state index in [0.717, 1.165) is 10.0 Å². The fourth-order valence-electron chi connectivity index (χ4n) is 2.29. The Hall–Kier alpha value is -1.55. The van der Waals surface area contributed by atoms with E-state index >= 15 is 0 Å². The Morgan fingerprint density at radius 1 is 1.29 bits per heavy atom. The van der Waals surface area contributed by atoms with Crippen LogP contribution in [0.25, 0.3) is 0 Å². The predicted molar refractivity (Wildman–Crippen MR) is 89.4 cm³/mol. The summed E-state index contributed by atoms with van der Waals surface area (Å²) in [6, 6.07) is 10.3. The molecule has 1 aromatic carbocycles. The van der Waals surface area contributed by atoms with Gasteiger partial charge in [-0.1, -0.05) is 38.1 Å². The van der Waals surface area contributed by atoms with Crippen LogP contribution < -0.4 is 0 Å². The molecule has 0 fully saturated rings. The summed E-state index contributed by atoms with van der Waals surface area (Å²) in [6.07, 6.45) is 1.89. The second-order valence-corrected chi connectivity index (χ2v) is 6.63. The number of halogens is 1. The van der Waals surface area contributed by atoms with Gasteiger partial charge in [-0.2, -0.15) is 0 Å². The van der Waals surface area contributed by atoms with Gasteiger partial charge in [0.2, 0.25) is 0 Å². The molecule has 1 aromatic heterocycles. The van der Waals surface area contributed by atoms with Gasteiger partial charge in [0.15, 0.2) is 0 Å². The van der Waals surface area contributed by atoms with E-state index in [1.807, 2.05) is 30.9 Å². The third-order valence-electron chi connectivity index (χ3n) is 3.60. The van der Waals surface area contributed by atoms with Crippen LogP contribution in [0.2, 0.25) is 0 Å². The zero-order valence-electron chi connectivity index (χ0n) is 12.9. The number of carbonyl (C=O) groups excluding carboxylic acids is 1. The van der Waals surface area contributed by atoms with Gasteiger partial charge in [-0.15, -0.1) is 0 Å². The van der Waals surface area contributed by atoms with Crippen LogP contribution in [0.3, 0.4) is 0 Å². The van der Waals surface area contributed by atoms with Crippen molar-refractivity contribution in [2.24, 2.45) is 7.05 Å². The highest BCUT2D eigenvalue weighted by atomic mass is 79.9. The van der Waals surface area contributed by atoms with Crippen LogP contribution in [0.4, 0.5) is 0 Å². The summed E-state index contributed by atoms with van der Waals surface area (Å²) in [6.45, 7) is 4.97. The quantitative estimate of drug-likeness (QED) is 0.813. The summed E-state index contributed by atoms with van der Waals surface area (Å²) in [7, 11) is 3.71. The number of benzene rings is 1. The van der Waals surface area contributed by atoms with Gasteiger partial charge in [0.05, 0.1) is 0 Å². The molecule has 0 aliphatic rings. The molecule has 1 heterocycles. The molecular formula is C17H21BrN2O. The molecule has 0 aliphatic heterocycles. The largest absolute Gasteiger partial charge is 0.345 e. The zero-order valence-corrected chi connectivity index (χ0v) is 14.5. The van der Waals surface area contributed by atoms with Gasteiger partial charge in [0, 0.05) is 31.3 Å². The normalized spacial score (nSPS) is 11.0. The Kier molecular flexibility index (Phi) is 4.88. The molecular weight excluding hydrogens is 328 g/mol. The number of hydrogen-bond donors (Lipinski definition) is 0. The summed E-state index contributed by atoms with van der Waals surface area (Å²) in [4.78, 5) is 14.2. The molecule has 0 saturated carbocycles. The third kappa shape index (κ3) is 3.76. The minimum Gasteiger partial charge on any atom is -0.345 e. The van der Waals surface area contributed by atoms with E-state index in [0.29, 0.717) is 18.2 Å². The lowest BCUT2D eigenvalue weighted by Gasteiger charge is -2.18. The molecule has 112 valence electrons. The molecule has 0 saturated heterocycles. The van der Waals surface area contributed by atoms with Crippen LogP contribution >= 0.6 is 15.9 Å². The van der Waals surface area contributed by atoms with Crippen molar-refractivity contribution in [1.29, 1.82) is 0 Å². The van der Waals surface area contributed by atoms with E-state index < -0.39 is 0 Å². The van der Waals surface area contributed by atoms with E-state index in [4.69, 9.17) is 0 Å². The van der Waals surface area contributed by atoms with Gasteiger partial charge in [0.1, 0.15) is 5.69 Å². The highest BCUT2D eigenvalue weighted by molar-refractivity contribution is 9.10. The zero-order chi connectivity index (χ0) is 15.6. The number of hydrogen-bond acceptors (Lipinski definition) is 1. The molecule has 0 atom stereocenters. The summed E-state index contributed by atoms with van der Waals surface area (Å²) in [5.74, 6) is 0.551. The minimum atomic E-state index is 0.0242. The first kappa shape index (κ1) is 15.8. The lowest BCUT2D eigenvalue weighted by atomic mass is 10.0. The molecule has 0 unspecified atom stereocenters. The first-order valence-electron chi connectivity index (χ1n) is 7.04. The van der Waals surface area contributed by atoms with Crippen LogP contribution in [0.15, 0.2) is 41.0 Å². The predicted octanol–water partition coefficient (Wildman–Crippen LogP) is 4.18. The molecule has 0 spiro atoms. The highest BCUT2D eigenvalue weighted by Gasteiger charge is 2.16. The lowest BCUT2D eigenvalue weighted by molar-refractivity contribution is 0.0775. The van der Waals surface area contributed by atoms with Crippen molar-refractivity contribution in [2.45, 2.75) is 26.3 Å².